The Hall–Kier alpha value is -1.23. The van der Waals surface area contributed by atoms with E-state index in [2.05, 4.69) is 0 Å². The Morgan fingerprint density at radius 3 is 2.44 bits per heavy atom. The largest absolute Gasteiger partial charge is 0.491 e. The van der Waals surface area contributed by atoms with Gasteiger partial charge in [-0.2, -0.15) is 13.2 Å². The van der Waals surface area contributed by atoms with Gasteiger partial charge in [0, 0.05) is 7.11 Å². The maximum atomic E-state index is 12.7. The number of hydrogen-bond acceptors (Lipinski definition) is 2. The molecule has 0 N–H and O–H groups in total. The summed E-state index contributed by atoms with van der Waals surface area (Å²) in [7, 11) is 1.46. The van der Waals surface area contributed by atoms with Crippen molar-refractivity contribution in [3.8, 4) is 5.75 Å². The minimum atomic E-state index is -4.40. The molecular formula is C11H13F3O2. The second kappa shape index (κ2) is 5.21. The van der Waals surface area contributed by atoms with E-state index in [1.807, 2.05) is 0 Å². The average Bonchev–Trinajstić information content (AvgIpc) is 2.16. The smallest absolute Gasteiger partial charge is 0.420 e. The molecular weight excluding hydrogens is 221 g/mol. The van der Waals surface area contributed by atoms with E-state index >= 15 is 0 Å². The Morgan fingerprint density at radius 1 is 1.19 bits per heavy atom. The van der Waals surface area contributed by atoms with Gasteiger partial charge >= 0.3 is 6.18 Å². The zero-order valence-electron chi connectivity index (χ0n) is 9.10. The van der Waals surface area contributed by atoms with Gasteiger partial charge in [0.15, 0.2) is 0 Å². The third-order valence-electron chi connectivity index (χ3n) is 2.06. The van der Waals surface area contributed by atoms with E-state index in [9.17, 15) is 13.2 Å². The minimum Gasteiger partial charge on any atom is -0.491 e. The first-order chi connectivity index (χ1) is 7.46. The van der Waals surface area contributed by atoms with E-state index in [-0.39, 0.29) is 24.5 Å². The van der Waals surface area contributed by atoms with Crippen LogP contribution in [0.3, 0.4) is 0 Å². The summed E-state index contributed by atoms with van der Waals surface area (Å²) < 4.78 is 47.9. The van der Waals surface area contributed by atoms with E-state index in [4.69, 9.17) is 9.47 Å². The molecule has 0 radical (unpaired) electrons. The summed E-state index contributed by atoms with van der Waals surface area (Å²) >= 11 is 0. The Balaban J connectivity index is 2.95. The summed E-state index contributed by atoms with van der Waals surface area (Å²) in [5.74, 6) is -0.149. The van der Waals surface area contributed by atoms with E-state index in [1.165, 1.54) is 32.2 Å². The number of benzene rings is 1. The molecule has 0 aromatic heterocycles. The SMILES string of the molecule is COCCOc1cccc(C)c1C(F)(F)F. The van der Waals surface area contributed by atoms with Crippen molar-refractivity contribution in [2.75, 3.05) is 20.3 Å². The fourth-order valence-electron chi connectivity index (χ4n) is 1.36. The van der Waals surface area contributed by atoms with E-state index in [1.54, 1.807) is 0 Å². The monoisotopic (exact) mass is 234 g/mol. The normalized spacial score (nSPS) is 11.6. The Kier molecular flexibility index (Phi) is 4.18. The zero-order valence-corrected chi connectivity index (χ0v) is 9.10. The number of alkyl halides is 3. The molecule has 90 valence electrons. The van der Waals surface area contributed by atoms with Gasteiger partial charge in [0.1, 0.15) is 17.9 Å². The highest BCUT2D eigenvalue weighted by molar-refractivity contribution is 5.41. The van der Waals surface area contributed by atoms with Crippen LogP contribution in [0.15, 0.2) is 18.2 Å². The predicted molar refractivity (Wildman–Crippen MR) is 53.6 cm³/mol. The van der Waals surface area contributed by atoms with E-state index in [0.29, 0.717) is 0 Å². The second-order valence-corrected chi connectivity index (χ2v) is 3.29. The van der Waals surface area contributed by atoms with Crippen molar-refractivity contribution in [1.29, 1.82) is 0 Å². The molecule has 0 atom stereocenters. The summed E-state index contributed by atoms with van der Waals surface area (Å²) in [5.41, 5.74) is -0.562. The van der Waals surface area contributed by atoms with Gasteiger partial charge in [-0.05, 0) is 18.6 Å². The quantitative estimate of drug-likeness (QED) is 0.745. The molecule has 16 heavy (non-hydrogen) atoms. The molecule has 0 spiro atoms. The molecule has 0 saturated carbocycles. The summed E-state index contributed by atoms with van der Waals surface area (Å²) in [6.07, 6.45) is -4.40. The Bertz CT molecular complexity index is 348. The maximum absolute atomic E-state index is 12.7. The van der Waals surface area contributed by atoms with Crippen molar-refractivity contribution in [2.45, 2.75) is 13.1 Å². The molecule has 0 amide bonds. The maximum Gasteiger partial charge on any atom is 0.420 e. The molecule has 0 fully saturated rings. The van der Waals surface area contributed by atoms with Crippen molar-refractivity contribution in [2.24, 2.45) is 0 Å². The molecule has 5 heteroatoms. The minimum absolute atomic E-state index is 0.100. The van der Waals surface area contributed by atoms with Gasteiger partial charge in [-0.1, -0.05) is 12.1 Å². The van der Waals surface area contributed by atoms with Crippen molar-refractivity contribution >= 4 is 0 Å². The number of halogens is 3. The highest BCUT2D eigenvalue weighted by atomic mass is 19.4. The van der Waals surface area contributed by atoms with E-state index < -0.39 is 11.7 Å². The summed E-state index contributed by atoms with van der Waals surface area (Å²) in [6.45, 7) is 1.76. The average molecular weight is 234 g/mol. The molecule has 0 saturated heterocycles. The fourth-order valence-corrected chi connectivity index (χ4v) is 1.36. The summed E-state index contributed by atoms with van der Waals surface area (Å²) in [4.78, 5) is 0. The second-order valence-electron chi connectivity index (χ2n) is 3.29. The van der Waals surface area contributed by atoms with Crippen LogP contribution in [0.5, 0.6) is 5.75 Å². The third-order valence-corrected chi connectivity index (χ3v) is 2.06. The van der Waals surface area contributed by atoms with Crippen LogP contribution in [-0.4, -0.2) is 20.3 Å². The Labute approximate surface area is 92.0 Å². The first-order valence-electron chi connectivity index (χ1n) is 4.75. The lowest BCUT2D eigenvalue weighted by Gasteiger charge is -2.15. The molecule has 0 heterocycles. The van der Waals surface area contributed by atoms with Gasteiger partial charge in [0.05, 0.1) is 6.61 Å². The Morgan fingerprint density at radius 2 is 1.88 bits per heavy atom. The van der Waals surface area contributed by atoms with Crippen LogP contribution < -0.4 is 4.74 Å². The van der Waals surface area contributed by atoms with Gasteiger partial charge in [-0.3, -0.25) is 0 Å². The van der Waals surface area contributed by atoms with Crippen LogP contribution in [0, 0.1) is 6.92 Å². The lowest BCUT2D eigenvalue weighted by atomic mass is 10.1. The number of methoxy groups -OCH3 is 1. The van der Waals surface area contributed by atoms with Crippen LogP contribution in [0.2, 0.25) is 0 Å². The molecule has 0 unspecified atom stereocenters. The highest BCUT2D eigenvalue weighted by Crippen LogP contribution is 2.38. The van der Waals surface area contributed by atoms with Crippen LogP contribution >= 0.6 is 0 Å². The van der Waals surface area contributed by atoms with E-state index in [0.717, 1.165) is 0 Å². The van der Waals surface area contributed by atoms with Crippen LogP contribution in [0.1, 0.15) is 11.1 Å². The molecule has 0 bridgehead atoms. The zero-order chi connectivity index (χ0) is 12.2. The van der Waals surface area contributed by atoms with Gasteiger partial charge in [0.2, 0.25) is 0 Å². The third kappa shape index (κ3) is 3.13. The van der Waals surface area contributed by atoms with Crippen LogP contribution in [0.25, 0.3) is 0 Å². The highest BCUT2D eigenvalue weighted by Gasteiger charge is 2.35. The van der Waals surface area contributed by atoms with Gasteiger partial charge in [-0.15, -0.1) is 0 Å². The molecule has 1 rings (SSSR count). The van der Waals surface area contributed by atoms with Crippen molar-refractivity contribution < 1.29 is 22.6 Å². The molecule has 2 nitrogen and oxygen atoms in total. The molecule has 0 aliphatic rings. The van der Waals surface area contributed by atoms with Crippen molar-refractivity contribution in [1.82, 2.24) is 0 Å². The number of rotatable bonds is 4. The standard InChI is InChI=1S/C11H13F3O2/c1-8-4-3-5-9(16-7-6-15-2)10(8)11(12,13)14/h3-5H,6-7H2,1-2H3. The first-order valence-corrected chi connectivity index (χ1v) is 4.75. The number of hydrogen-bond donors (Lipinski definition) is 0. The lowest BCUT2D eigenvalue weighted by molar-refractivity contribution is -0.139. The van der Waals surface area contributed by atoms with Crippen molar-refractivity contribution in [3.63, 3.8) is 0 Å². The predicted octanol–water partition coefficient (Wildman–Crippen LogP) is 3.04. The molecule has 0 aliphatic heterocycles. The number of aryl methyl sites for hydroxylation is 1. The lowest BCUT2D eigenvalue weighted by Crippen LogP contribution is -2.13. The fraction of sp³-hybridized carbons (Fsp3) is 0.455. The number of ether oxygens (including phenoxy) is 2. The summed E-state index contributed by atoms with van der Waals surface area (Å²) in [5, 5.41) is 0. The topological polar surface area (TPSA) is 18.5 Å². The van der Waals surface area contributed by atoms with Crippen LogP contribution in [-0.2, 0) is 10.9 Å². The molecule has 1 aromatic carbocycles. The molecule has 0 aliphatic carbocycles. The molecule has 1 aromatic rings. The van der Waals surface area contributed by atoms with Crippen LogP contribution in [0.4, 0.5) is 13.2 Å². The van der Waals surface area contributed by atoms with Gasteiger partial charge < -0.3 is 9.47 Å². The van der Waals surface area contributed by atoms with Gasteiger partial charge in [-0.25, -0.2) is 0 Å². The summed E-state index contributed by atoms with van der Waals surface area (Å²) in [6, 6.07) is 4.25. The van der Waals surface area contributed by atoms with Gasteiger partial charge in [0.25, 0.3) is 0 Å². The van der Waals surface area contributed by atoms with Crippen molar-refractivity contribution in [3.05, 3.63) is 29.3 Å². The first kappa shape index (κ1) is 12.8.